The highest BCUT2D eigenvalue weighted by Crippen LogP contribution is 2.10. The van der Waals surface area contributed by atoms with Crippen LogP contribution in [0.25, 0.3) is 0 Å². The fourth-order valence-electron chi connectivity index (χ4n) is 2.48. The first-order valence-electron chi connectivity index (χ1n) is 8.54. The van der Waals surface area contributed by atoms with E-state index in [2.05, 4.69) is 32.1 Å². The summed E-state index contributed by atoms with van der Waals surface area (Å²) in [5.41, 5.74) is 5.76. The van der Waals surface area contributed by atoms with E-state index in [1.54, 1.807) is 18.5 Å². The Morgan fingerprint density at radius 1 is 1.29 bits per heavy atom. The third kappa shape index (κ3) is 5.68. The van der Waals surface area contributed by atoms with E-state index < -0.39 is 0 Å². The van der Waals surface area contributed by atoms with Crippen LogP contribution in [-0.4, -0.2) is 66.0 Å². The van der Waals surface area contributed by atoms with Gasteiger partial charge in [-0.15, -0.1) is 0 Å². The van der Waals surface area contributed by atoms with Crippen molar-refractivity contribution in [2.24, 2.45) is 10.7 Å². The van der Waals surface area contributed by atoms with Gasteiger partial charge in [-0.2, -0.15) is 0 Å². The molecule has 0 spiro atoms. The van der Waals surface area contributed by atoms with E-state index in [0.29, 0.717) is 32.0 Å². The minimum absolute atomic E-state index is 0.137. The molecule has 2 rings (SSSR count). The minimum Gasteiger partial charge on any atom is -0.370 e. The Morgan fingerprint density at radius 3 is 2.67 bits per heavy atom. The number of aromatic nitrogens is 2. The molecule has 0 saturated carbocycles. The van der Waals surface area contributed by atoms with Crippen LogP contribution in [0.3, 0.4) is 0 Å². The van der Waals surface area contributed by atoms with Crippen molar-refractivity contribution < 1.29 is 4.79 Å². The summed E-state index contributed by atoms with van der Waals surface area (Å²) in [6.45, 7) is 6.25. The van der Waals surface area contributed by atoms with Gasteiger partial charge in [0.25, 0.3) is 0 Å². The molecule has 0 aliphatic carbocycles. The first-order chi connectivity index (χ1) is 11.7. The molecule has 3 N–H and O–H groups in total. The fourth-order valence-corrected chi connectivity index (χ4v) is 2.48. The highest BCUT2D eigenvalue weighted by Gasteiger charge is 2.21. The number of aliphatic imine (C=N–C) groups is 1. The lowest BCUT2D eigenvalue weighted by molar-refractivity contribution is -0.131. The van der Waals surface area contributed by atoms with Crippen LogP contribution >= 0.6 is 0 Å². The topological polar surface area (TPSA) is 99.7 Å². The van der Waals surface area contributed by atoms with Crippen molar-refractivity contribution in [3.63, 3.8) is 0 Å². The summed E-state index contributed by atoms with van der Waals surface area (Å²) in [5, 5.41) is 3.00. The molecule has 0 aromatic carbocycles. The number of hydrogen-bond acceptors (Lipinski definition) is 5. The number of rotatable bonds is 7. The number of amides is 1. The fraction of sp³-hybridized carbons (Fsp3) is 0.625. The SMILES string of the molecule is CCCCN=C(N)NCCC(=O)N1CCN(c2ncccn2)CC1. The Balaban J connectivity index is 1.67. The molecule has 1 aromatic rings. The summed E-state index contributed by atoms with van der Waals surface area (Å²) in [7, 11) is 0. The van der Waals surface area contributed by atoms with Crippen molar-refractivity contribution in [3.8, 4) is 0 Å². The van der Waals surface area contributed by atoms with E-state index in [4.69, 9.17) is 5.73 Å². The molecule has 8 nitrogen and oxygen atoms in total. The predicted molar refractivity (Wildman–Crippen MR) is 94.8 cm³/mol. The maximum absolute atomic E-state index is 12.2. The zero-order valence-corrected chi connectivity index (χ0v) is 14.3. The Kier molecular flexibility index (Phi) is 7.25. The van der Waals surface area contributed by atoms with Gasteiger partial charge in [-0.1, -0.05) is 13.3 Å². The van der Waals surface area contributed by atoms with Crippen LogP contribution in [0.1, 0.15) is 26.2 Å². The Bertz CT molecular complexity index is 526. The molecule has 8 heteroatoms. The molecular formula is C16H27N7O. The van der Waals surface area contributed by atoms with Gasteiger partial charge >= 0.3 is 0 Å². The van der Waals surface area contributed by atoms with Crippen molar-refractivity contribution >= 4 is 17.8 Å². The highest BCUT2D eigenvalue weighted by molar-refractivity contribution is 5.80. The van der Waals surface area contributed by atoms with Gasteiger partial charge in [0.1, 0.15) is 0 Å². The van der Waals surface area contributed by atoms with Crippen LogP contribution < -0.4 is 16.0 Å². The van der Waals surface area contributed by atoms with E-state index in [1.165, 1.54) is 0 Å². The lowest BCUT2D eigenvalue weighted by atomic mass is 10.3. The number of nitrogens with one attached hydrogen (secondary N) is 1. The lowest BCUT2D eigenvalue weighted by Crippen LogP contribution is -2.49. The molecule has 0 atom stereocenters. The zero-order valence-electron chi connectivity index (χ0n) is 14.3. The number of hydrogen-bond donors (Lipinski definition) is 2. The van der Waals surface area contributed by atoms with Crippen LogP contribution in [0.4, 0.5) is 5.95 Å². The first-order valence-corrected chi connectivity index (χ1v) is 8.54. The number of carbonyl (C=O) groups excluding carboxylic acids is 1. The number of nitrogens with two attached hydrogens (primary N) is 1. The molecule has 2 heterocycles. The second kappa shape index (κ2) is 9.69. The quantitative estimate of drug-likeness (QED) is 0.421. The lowest BCUT2D eigenvalue weighted by Gasteiger charge is -2.34. The normalized spacial score (nSPS) is 15.5. The van der Waals surface area contributed by atoms with Crippen LogP contribution in [0.2, 0.25) is 0 Å². The van der Waals surface area contributed by atoms with Crippen molar-refractivity contribution in [2.75, 3.05) is 44.2 Å². The molecule has 1 amide bonds. The molecule has 0 bridgehead atoms. The smallest absolute Gasteiger partial charge is 0.225 e. The predicted octanol–water partition coefficient (Wildman–Crippen LogP) is 0.220. The number of nitrogens with zero attached hydrogens (tertiary/aromatic N) is 5. The van der Waals surface area contributed by atoms with E-state index in [9.17, 15) is 4.79 Å². The van der Waals surface area contributed by atoms with Gasteiger partial charge in [0, 0.05) is 58.1 Å². The number of anilines is 1. The van der Waals surface area contributed by atoms with Gasteiger partial charge in [0.05, 0.1) is 0 Å². The standard InChI is InChI=1S/C16H27N7O/c1-2-3-6-18-15(17)19-9-5-14(24)22-10-12-23(13-11-22)16-20-7-4-8-21-16/h4,7-8H,2-3,5-6,9-13H2,1H3,(H3,17,18,19). The summed E-state index contributed by atoms with van der Waals surface area (Å²) in [6, 6.07) is 1.80. The Labute approximate surface area is 143 Å². The van der Waals surface area contributed by atoms with Gasteiger partial charge in [0.15, 0.2) is 5.96 Å². The van der Waals surface area contributed by atoms with Gasteiger partial charge in [-0.05, 0) is 12.5 Å². The summed E-state index contributed by atoms with van der Waals surface area (Å²) < 4.78 is 0. The van der Waals surface area contributed by atoms with Gasteiger partial charge < -0.3 is 20.9 Å². The van der Waals surface area contributed by atoms with Crippen LogP contribution in [0, 0.1) is 0 Å². The molecule has 0 unspecified atom stereocenters. The number of guanidine groups is 1. The third-order valence-corrected chi connectivity index (χ3v) is 3.91. The number of piperazine rings is 1. The van der Waals surface area contributed by atoms with Gasteiger partial charge in [0.2, 0.25) is 11.9 Å². The number of carbonyl (C=O) groups is 1. The van der Waals surface area contributed by atoms with Gasteiger partial charge in [-0.3, -0.25) is 9.79 Å². The molecule has 1 fully saturated rings. The molecule has 132 valence electrons. The maximum atomic E-state index is 12.2. The van der Waals surface area contributed by atoms with Gasteiger partial charge in [-0.25, -0.2) is 9.97 Å². The largest absolute Gasteiger partial charge is 0.370 e. The van der Waals surface area contributed by atoms with E-state index in [0.717, 1.165) is 38.4 Å². The number of unbranched alkanes of at least 4 members (excludes halogenated alkanes) is 1. The molecule has 1 saturated heterocycles. The minimum atomic E-state index is 0.137. The Hall–Kier alpha value is -2.38. The highest BCUT2D eigenvalue weighted by atomic mass is 16.2. The van der Waals surface area contributed by atoms with E-state index in [1.807, 2.05) is 4.90 Å². The second-order valence-electron chi connectivity index (χ2n) is 5.71. The molecule has 1 aromatic heterocycles. The Morgan fingerprint density at radius 2 is 2.00 bits per heavy atom. The molecule has 0 radical (unpaired) electrons. The second-order valence-corrected chi connectivity index (χ2v) is 5.71. The van der Waals surface area contributed by atoms with E-state index >= 15 is 0 Å². The monoisotopic (exact) mass is 333 g/mol. The van der Waals surface area contributed by atoms with Crippen molar-refractivity contribution in [1.82, 2.24) is 20.2 Å². The third-order valence-electron chi connectivity index (χ3n) is 3.91. The van der Waals surface area contributed by atoms with Crippen molar-refractivity contribution in [1.29, 1.82) is 0 Å². The van der Waals surface area contributed by atoms with Crippen molar-refractivity contribution in [3.05, 3.63) is 18.5 Å². The summed E-state index contributed by atoms with van der Waals surface area (Å²) in [5.74, 6) is 1.28. The molecule has 1 aliphatic rings. The van der Waals surface area contributed by atoms with Crippen LogP contribution in [0.5, 0.6) is 0 Å². The summed E-state index contributed by atoms with van der Waals surface area (Å²) in [4.78, 5) is 28.9. The maximum Gasteiger partial charge on any atom is 0.225 e. The molecular weight excluding hydrogens is 306 g/mol. The summed E-state index contributed by atoms with van der Waals surface area (Å²) >= 11 is 0. The average Bonchev–Trinajstić information content (AvgIpc) is 2.63. The zero-order chi connectivity index (χ0) is 17.2. The van der Waals surface area contributed by atoms with Crippen LogP contribution in [-0.2, 0) is 4.79 Å². The molecule has 24 heavy (non-hydrogen) atoms. The average molecular weight is 333 g/mol. The molecule has 1 aliphatic heterocycles. The first kappa shape index (κ1) is 18.0. The summed E-state index contributed by atoms with van der Waals surface area (Å²) in [6.07, 6.45) is 6.01. The van der Waals surface area contributed by atoms with Crippen LogP contribution in [0.15, 0.2) is 23.5 Å². The van der Waals surface area contributed by atoms with E-state index in [-0.39, 0.29) is 5.91 Å². The van der Waals surface area contributed by atoms with Crippen molar-refractivity contribution in [2.45, 2.75) is 26.2 Å².